The number of anilines is 1. The zero-order valence-corrected chi connectivity index (χ0v) is 9.62. The molecule has 0 aliphatic carbocycles. The molecule has 0 saturated carbocycles. The minimum absolute atomic E-state index is 0.133. The van der Waals surface area contributed by atoms with Crippen molar-refractivity contribution in [3.8, 4) is 0 Å². The Hall–Kier alpha value is -1.35. The van der Waals surface area contributed by atoms with Crippen LogP contribution in [0.25, 0.3) is 0 Å². The molecule has 1 aromatic rings. The van der Waals surface area contributed by atoms with Gasteiger partial charge in [-0.1, -0.05) is 19.1 Å². The minimum atomic E-state index is -0.290. The van der Waals surface area contributed by atoms with Crippen molar-refractivity contribution < 1.29 is 9.50 Å². The highest BCUT2D eigenvalue weighted by Gasteiger charge is 2.09. The van der Waals surface area contributed by atoms with Crippen molar-refractivity contribution in [1.29, 1.82) is 0 Å². The second kappa shape index (κ2) is 6.28. The number of hydrogen-bond acceptors (Lipinski definition) is 2. The van der Waals surface area contributed by atoms with Crippen LogP contribution in [0.2, 0.25) is 0 Å². The molecule has 1 aromatic carbocycles. The lowest BCUT2D eigenvalue weighted by Crippen LogP contribution is -2.25. The number of aliphatic hydroxyl groups is 1. The van der Waals surface area contributed by atoms with E-state index in [2.05, 4.69) is 13.5 Å². The average Bonchev–Trinajstić information content (AvgIpc) is 2.29. The smallest absolute Gasteiger partial charge is 0.146 e. The molecule has 0 unspecified atom stereocenters. The van der Waals surface area contributed by atoms with Gasteiger partial charge in [0.2, 0.25) is 0 Å². The monoisotopic (exact) mass is 223 g/mol. The quantitative estimate of drug-likeness (QED) is 0.749. The Morgan fingerprint density at radius 2 is 2.25 bits per heavy atom. The first-order valence-corrected chi connectivity index (χ1v) is 5.48. The van der Waals surface area contributed by atoms with Crippen molar-refractivity contribution in [2.45, 2.75) is 20.0 Å². The lowest BCUT2D eigenvalue weighted by molar-refractivity contribution is 0.281. The van der Waals surface area contributed by atoms with Gasteiger partial charge >= 0.3 is 0 Å². The highest BCUT2D eigenvalue weighted by Crippen LogP contribution is 2.20. The van der Waals surface area contributed by atoms with Crippen LogP contribution in [-0.4, -0.2) is 18.2 Å². The van der Waals surface area contributed by atoms with Crippen molar-refractivity contribution >= 4 is 5.69 Å². The molecule has 88 valence electrons. The van der Waals surface area contributed by atoms with Crippen molar-refractivity contribution in [2.75, 3.05) is 18.0 Å². The van der Waals surface area contributed by atoms with Crippen molar-refractivity contribution in [1.82, 2.24) is 0 Å². The molecule has 1 rings (SSSR count). The first kappa shape index (κ1) is 12.7. The molecule has 0 aliphatic heterocycles. The largest absolute Gasteiger partial charge is 0.392 e. The van der Waals surface area contributed by atoms with E-state index in [-0.39, 0.29) is 12.4 Å². The summed E-state index contributed by atoms with van der Waals surface area (Å²) in [4.78, 5) is 1.93. The number of rotatable bonds is 6. The van der Waals surface area contributed by atoms with Crippen LogP contribution in [0.3, 0.4) is 0 Å². The summed E-state index contributed by atoms with van der Waals surface area (Å²) < 4.78 is 13.7. The molecular weight excluding hydrogens is 205 g/mol. The fraction of sp³-hybridized carbons (Fsp3) is 0.385. The first-order valence-electron chi connectivity index (χ1n) is 5.48. The maximum absolute atomic E-state index is 13.7. The van der Waals surface area contributed by atoms with Gasteiger partial charge in [0, 0.05) is 13.1 Å². The van der Waals surface area contributed by atoms with Crippen LogP contribution in [0, 0.1) is 5.82 Å². The van der Waals surface area contributed by atoms with E-state index in [0.717, 1.165) is 13.0 Å². The molecule has 0 heterocycles. The van der Waals surface area contributed by atoms with Gasteiger partial charge in [-0.05, 0) is 24.1 Å². The Bertz CT molecular complexity index is 352. The third-order valence-electron chi connectivity index (χ3n) is 2.38. The van der Waals surface area contributed by atoms with Crippen LogP contribution in [0.15, 0.2) is 30.9 Å². The zero-order chi connectivity index (χ0) is 12.0. The van der Waals surface area contributed by atoms with Crippen LogP contribution in [-0.2, 0) is 6.61 Å². The van der Waals surface area contributed by atoms with E-state index in [0.29, 0.717) is 17.8 Å². The van der Waals surface area contributed by atoms with Crippen LogP contribution in [0.4, 0.5) is 10.1 Å². The van der Waals surface area contributed by atoms with Crippen molar-refractivity contribution in [2.24, 2.45) is 0 Å². The third kappa shape index (κ3) is 3.07. The van der Waals surface area contributed by atoms with Gasteiger partial charge in [-0.15, -0.1) is 6.58 Å². The summed E-state index contributed by atoms with van der Waals surface area (Å²) in [6.07, 6.45) is 2.71. The van der Waals surface area contributed by atoms with Gasteiger partial charge < -0.3 is 10.0 Å². The number of hydrogen-bond donors (Lipinski definition) is 1. The summed E-state index contributed by atoms with van der Waals surface area (Å²) in [7, 11) is 0. The summed E-state index contributed by atoms with van der Waals surface area (Å²) in [5.74, 6) is -0.290. The van der Waals surface area contributed by atoms with E-state index in [1.54, 1.807) is 18.2 Å². The van der Waals surface area contributed by atoms with Gasteiger partial charge in [0.1, 0.15) is 5.82 Å². The minimum Gasteiger partial charge on any atom is -0.392 e. The number of halogens is 1. The molecule has 0 radical (unpaired) electrons. The second-order valence-corrected chi connectivity index (χ2v) is 3.68. The summed E-state index contributed by atoms with van der Waals surface area (Å²) in [6.45, 7) is 7.01. The van der Waals surface area contributed by atoms with E-state index in [4.69, 9.17) is 5.11 Å². The first-order chi connectivity index (χ1) is 7.72. The highest BCUT2D eigenvalue weighted by atomic mass is 19.1. The molecule has 0 amide bonds. The summed E-state index contributed by atoms with van der Waals surface area (Å²) >= 11 is 0. The second-order valence-electron chi connectivity index (χ2n) is 3.68. The Morgan fingerprint density at radius 3 is 2.75 bits per heavy atom. The average molecular weight is 223 g/mol. The summed E-state index contributed by atoms with van der Waals surface area (Å²) in [5.41, 5.74) is 1.16. The number of nitrogens with zero attached hydrogens (tertiary/aromatic N) is 1. The van der Waals surface area contributed by atoms with Crippen molar-refractivity contribution in [3.63, 3.8) is 0 Å². The van der Waals surface area contributed by atoms with Crippen molar-refractivity contribution in [3.05, 3.63) is 42.2 Å². The van der Waals surface area contributed by atoms with Gasteiger partial charge in [0.05, 0.1) is 12.3 Å². The topological polar surface area (TPSA) is 23.5 Å². The zero-order valence-electron chi connectivity index (χ0n) is 9.62. The maximum atomic E-state index is 13.7. The fourth-order valence-corrected chi connectivity index (χ4v) is 1.64. The normalized spacial score (nSPS) is 10.2. The molecular formula is C13H18FNO. The van der Waals surface area contributed by atoms with Crippen LogP contribution >= 0.6 is 0 Å². The third-order valence-corrected chi connectivity index (χ3v) is 2.38. The molecule has 16 heavy (non-hydrogen) atoms. The van der Waals surface area contributed by atoms with Crippen LogP contribution < -0.4 is 4.90 Å². The lowest BCUT2D eigenvalue weighted by Gasteiger charge is -2.23. The molecule has 3 heteroatoms. The fourth-order valence-electron chi connectivity index (χ4n) is 1.64. The van der Waals surface area contributed by atoms with E-state index >= 15 is 0 Å². The Labute approximate surface area is 96.0 Å². The summed E-state index contributed by atoms with van der Waals surface area (Å²) in [5, 5.41) is 8.90. The SMILES string of the molecule is C=CCN(CCC)c1ccc(CO)cc1F. The van der Waals surface area contributed by atoms with Gasteiger partial charge in [0.15, 0.2) is 0 Å². The highest BCUT2D eigenvalue weighted by molar-refractivity contribution is 5.49. The van der Waals surface area contributed by atoms with Gasteiger partial charge in [0.25, 0.3) is 0 Å². The molecule has 0 bridgehead atoms. The summed E-state index contributed by atoms with van der Waals surface area (Å²) in [6, 6.07) is 4.82. The molecule has 1 N–H and O–H groups in total. The van der Waals surface area contributed by atoms with E-state index in [1.165, 1.54) is 6.07 Å². The Morgan fingerprint density at radius 1 is 1.50 bits per heavy atom. The van der Waals surface area contributed by atoms with Crippen LogP contribution in [0.5, 0.6) is 0 Å². The van der Waals surface area contributed by atoms with E-state index in [1.807, 2.05) is 4.90 Å². The molecule has 0 atom stereocenters. The molecule has 0 aromatic heterocycles. The molecule has 0 aliphatic rings. The number of benzene rings is 1. The van der Waals surface area contributed by atoms with E-state index < -0.39 is 0 Å². The standard InChI is InChI=1S/C13H18FNO/c1-3-7-15(8-4-2)13-6-5-11(10-16)9-12(13)14/h3,5-6,9,16H,1,4,7-8,10H2,2H3. The van der Waals surface area contributed by atoms with E-state index in [9.17, 15) is 4.39 Å². The maximum Gasteiger partial charge on any atom is 0.146 e. The predicted molar refractivity (Wildman–Crippen MR) is 65.0 cm³/mol. The number of aliphatic hydroxyl groups excluding tert-OH is 1. The predicted octanol–water partition coefficient (Wildman–Crippen LogP) is 2.72. The Kier molecular flexibility index (Phi) is 4.99. The Balaban J connectivity index is 2.94. The van der Waals surface area contributed by atoms with Gasteiger partial charge in [-0.25, -0.2) is 4.39 Å². The lowest BCUT2D eigenvalue weighted by atomic mass is 10.2. The van der Waals surface area contributed by atoms with Crippen LogP contribution in [0.1, 0.15) is 18.9 Å². The van der Waals surface area contributed by atoms with Gasteiger partial charge in [-0.3, -0.25) is 0 Å². The molecule has 0 spiro atoms. The van der Waals surface area contributed by atoms with Gasteiger partial charge in [-0.2, -0.15) is 0 Å². The molecule has 0 fully saturated rings. The molecule has 0 saturated heterocycles. The molecule has 2 nitrogen and oxygen atoms in total.